The van der Waals surface area contributed by atoms with E-state index in [1.807, 2.05) is 23.5 Å². The van der Waals surface area contributed by atoms with Crippen molar-refractivity contribution >= 4 is 75.1 Å². The molecule has 3 heterocycles. The van der Waals surface area contributed by atoms with E-state index < -0.39 is 0 Å². The van der Waals surface area contributed by atoms with Gasteiger partial charge in [0.15, 0.2) is 0 Å². The van der Waals surface area contributed by atoms with Gasteiger partial charge in [-0.15, -0.1) is 11.3 Å². The van der Waals surface area contributed by atoms with Gasteiger partial charge >= 0.3 is 0 Å². The van der Waals surface area contributed by atoms with Crippen LogP contribution in [0.2, 0.25) is 0 Å². The van der Waals surface area contributed by atoms with Crippen LogP contribution in [0.4, 0.5) is 0 Å². The number of fused-ring (bicyclic) bond motifs is 10. The molecular formula is C43H25N3S. The summed E-state index contributed by atoms with van der Waals surface area (Å²) in [4.78, 5) is 0. The largest absolute Gasteiger partial charge is 0.309 e. The number of hydrogen-bond donors (Lipinski definition) is 0. The summed E-state index contributed by atoms with van der Waals surface area (Å²) >= 11 is 1.83. The lowest BCUT2D eigenvalue weighted by Crippen LogP contribution is -2.01. The van der Waals surface area contributed by atoms with E-state index in [0.29, 0.717) is 5.56 Å². The standard InChI is InChI=1S/C43H25N3S/c44-26-28-10-9-15-30(27-20-22-29(23-21-27)45-37-16-5-1-11-31(37)32-12-2-6-17-38(32)45)41(28)46-39-18-7-3-13-33(39)35-24-25-36-34-14-4-8-19-40(34)47-43(36)42(35)46/h1-25H. The molecule has 0 radical (unpaired) electrons. The minimum absolute atomic E-state index is 0.648. The third kappa shape index (κ3) is 3.66. The van der Waals surface area contributed by atoms with Gasteiger partial charge in [0.25, 0.3) is 0 Å². The number of aromatic nitrogens is 2. The molecule has 7 aromatic carbocycles. The Labute approximate surface area is 274 Å². The Kier molecular flexibility index (Phi) is 5.51. The van der Waals surface area contributed by atoms with Gasteiger partial charge in [0.1, 0.15) is 6.07 Å². The summed E-state index contributed by atoms with van der Waals surface area (Å²) in [7, 11) is 0. The topological polar surface area (TPSA) is 33.6 Å². The molecule has 0 saturated heterocycles. The highest BCUT2D eigenvalue weighted by atomic mass is 32.1. The van der Waals surface area contributed by atoms with Crippen LogP contribution in [0.5, 0.6) is 0 Å². The third-order valence-electron chi connectivity index (χ3n) is 9.58. The van der Waals surface area contributed by atoms with Crippen LogP contribution in [0.25, 0.3) is 86.3 Å². The van der Waals surface area contributed by atoms with E-state index in [-0.39, 0.29) is 0 Å². The van der Waals surface area contributed by atoms with E-state index in [0.717, 1.165) is 33.5 Å². The van der Waals surface area contributed by atoms with Crippen LogP contribution in [0.15, 0.2) is 152 Å². The molecule has 0 amide bonds. The first kappa shape index (κ1) is 26.1. The van der Waals surface area contributed by atoms with Crippen LogP contribution in [0.3, 0.4) is 0 Å². The van der Waals surface area contributed by atoms with Gasteiger partial charge in [0.2, 0.25) is 0 Å². The van der Waals surface area contributed by atoms with Crippen LogP contribution in [-0.4, -0.2) is 9.13 Å². The SMILES string of the molecule is N#Cc1cccc(-c2ccc(-n3c4ccccc4c4ccccc43)cc2)c1-n1c2ccccc2c2ccc3c4ccccc4sc3c21. The first-order valence-electron chi connectivity index (χ1n) is 15.8. The molecule has 0 aliphatic heterocycles. The molecule has 4 heteroatoms. The van der Waals surface area contributed by atoms with Crippen molar-refractivity contribution in [3.05, 3.63) is 157 Å². The summed E-state index contributed by atoms with van der Waals surface area (Å²) in [6.07, 6.45) is 0. The van der Waals surface area contributed by atoms with E-state index >= 15 is 0 Å². The van der Waals surface area contributed by atoms with E-state index in [2.05, 4.69) is 155 Å². The van der Waals surface area contributed by atoms with Crippen molar-refractivity contribution in [1.29, 1.82) is 5.26 Å². The fourth-order valence-electron chi connectivity index (χ4n) is 7.56. The smallest absolute Gasteiger partial charge is 0.101 e. The zero-order valence-electron chi connectivity index (χ0n) is 25.2. The second-order valence-corrected chi connectivity index (χ2v) is 13.1. The second-order valence-electron chi connectivity index (χ2n) is 12.0. The number of rotatable bonds is 3. The van der Waals surface area contributed by atoms with E-state index in [9.17, 15) is 5.26 Å². The molecule has 0 fully saturated rings. The zero-order valence-corrected chi connectivity index (χ0v) is 26.0. The Morgan fingerprint density at radius 2 is 1.04 bits per heavy atom. The first-order chi connectivity index (χ1) is 23.3. The van der Waals surface area contributed by atoms with Crippen molar-refractivity contribution in [2.45, 2.75) is 0 Å². The molecule has 0 bridgehead atoms. The monoisotopic (exact) mass is 615 g/mol. The van der Waals surface area contributed by atoms with Crippen molar-refractivity contribution in [3.8, 4) is 28.6 Å². The molecule has 218 valence electrons. The lowest BCUT2D eigenvalue weighted by atomic mass is 9.99. The van der Waals surface area contributed by atoms with E-state index in [1.165, 1.54) is 52.8 Å². The summed E-state index contributed by atoms with van der Waals surface area (Å²) in [6.45, 7) is 0. The van der Waals surface area contributed by atoms with E-state index in [4.69, 9.17) is 0 Å². The first-order valence-corrected chi connectivity index (χ1v) is 16.6. The van der Waals surface area contributed by atoms with E-state index in [1.54, 1.807) is 0 Å². The second kappa shape index (κ2) is 9.92. The Morgan fingerprint density at radius 1 is 0.468 bits per heavy atom. The highest BCUT2D eigenvalue weighted by Gasteiger charge is 2.22. The average Bonchev–Trinajstić information content (AvgIpc) is 3.79. The van der Waals surface area contributed by atoms with Gasteiger partial charge in [0.05, 0.1) is 38.0 Å². The number of para-hydroxylation sites is 4. The molecule has 0 aliphatic carbocycles. The minimum atomic E-state index is 0.648. The molecular weight excluding hydrogens is 591 g/mol. The summed E-state index contributed by atoms with van der Waals surface area (Å²) in [6, 6.07) is 56.3. The highest BCUT2D eigenvalue weighted by molar-refractivity contribution is 7.26. The van der Waals surface area contributed by atoms with Gasteiger partial charge in [-0.25, -0.2) is 0 Å². The van der Waals surface area contributed by atoms with Crippen molar-refractivity contribution in [2.75, 3.05) is 0 Å². The predicted octanol–water partition coefficient (Wildman–Crippen LogP) is 11.8. The quantitative estimate of drug-likeness (QED) is 0.195. The average molecular weight is 616 g/mol. The normalized spacial score (nSPS) is 11.8. The van der Waals surface area contributed by atoms with Crippen LogP contribution < -0.4 is 0 Å². The van der Waals surface area contributed by atoms with Crippen molar-refractivity contribution in [2.24, 2.45) is 0 Å². The maximum Gasteiger partial charge on any atom is 0.101 e. The van der Waals surface area contributed by atoms with Crippen molar-refractivity contribution in [3.63, 3.8) is 0 Å². The van der Waals surface area contributed by atoms with Crippen molar-refractivity contribution in [1.82, 2.24) is 9.13 Å². The number of nitrogens with zero attached hydrogens (tertiary/aromatic N) is 3. The Hall–Kier alpha value is -6.15. The summed E-state index contributed by atoms with van der Waals surface area (Å²) in [5, 5.41) is 17.9. The Bertz CT molecular complexity index is 2860. The predicted molar refractivity (Wildman–Crippen MR) is 198 cm³/mol. The fourth-order valence-corrected chi connectivity index (χ4v) is 8.80. The van der Waals surface area contributed by atoms with Gasteiger partial charge in [-0.05, 0) is 48.0 Å². The van der Waals surface area contributed by atoms with Gasteiger partial charge in [0, 0.05) is 48.3 Å². The van der Waals surface area contributed by atoms with Crippen molar-refractivity contribution < 1.29 is 0 Å². The molecule has 0 unspecified atom stereocenters. The maximum atomic E-state index is 10.6. The number of nitriles is 1. The van der Waals surface area contributed by atoms with Gasteiger partial charge in [-0.2, -0.15) is 5.26 Å². The number of benzene rings is 7. The molecule has 0 atom stereocenters. The van der Waals surface area contributed by atoms with Crippen LogP contribution in [0, 0.1) is 11.3 Å². The molecule has 0 spiro atoms. The molecule has 3 nitrogen and oxygen atoms in total. The summed E-state index contributed by atoms with van der Waals surface area (Å²) in [5.74, 6) is 0. The third-order valence-corrected chi connectivity index (χ3v) is 10.8. The molecule has 0 aliphatic rings. The summed E-state index contributed by atoms with van der Waals surface area (Å²) < 4.78 is 7.19. The van der Waals surface area contributed by atoms with Crippen LogP contribution >= 0.6 is 11.3 Å². The molecule has 10 aromatic rings. The molecule has 10 rings (SSSR count). The number of thiophene rings is 1. The minimum Gasteiger partial charge on any atom is -0.309 e. The number of hydrogen-bond acceptors (Lipinski definition) is 2. The maximum absolute atomic E-state index is 10.6. The van der Waals surface area contributed by atoms with Gasteiger partial charge in [-0.3, -0.25) is 0 Å². The molecule has 0 N–H and O–H groups in total. The molecule has 0 saturated carbocycles. The van der Waals surface area contributed by atoms with Crippen LogP contribution in [0.1, 0.15) is 5.56 Å². The fraction of sp³-hybridized carbons (Fsp3) is 0. The Balaban J connectivity index is 1.25. The molecule has 3 aromatic heterocycles. The highest BCUT2D eigenvalue weighted by Crippen LogP contribution is 2.45. The Morgan fingerprint density at radius 3 is 1.72 bits per heavy atom. The lowest BCUT2D eigenvalue weighted by molar-refractivity contribution is 1.17. The zero-order chi connectivity index (χ0) is 31.1. The van der Waals surface area contributed by atoms with Gasteiger partial charge in [-0.1, -0.05) is 109 Å². The lowest BCUT2D eigenvalue weighted by Gasteiger charge is -2.17. The van der Waals surface area contributed by atoms with Crippen LogP contribution in [-0.2, 0) is 0 Å². The summed E-state index contributed by atoms with van der Waals surface area (Å²) in [5.41, 5.74) is 9.37. The molecule has 47 heavy (non-hydrogen) atoms. The van der Waals surface area contributed by atoms with Gasteiger partial charge < -0.3 is 9.13 Å².